The minimum absolute atomic E-state index is 0.687. The second kappa shape index (κ2) is 4.26. The van der Waals surface area contributed by atoms with Crippen LogP contribution in [0.4, 0.5) is 0 Å². The predicted octanol–water partition coefficient (Wildman–Crippen LogP) is 0.967. The Bertz CT molecular complexity index is 240. The van der Waals surface area contributed by atoms with E-state index in [0.29, 0.717) is 6.54 Å². The second-order valence-electron chi connectivity index (χ2n) is 2.83. The molecule has 1 aromatic heterocycles. The first-order valence-corrected chi connectivity index (χ1v) is 4.56. The van der Waals surface area contributed by atoms with Gasteiger partial charge >= 0.3 is 0 Å². The Hall–Kier alpha value is -0.830. The zero-order valence-electron chi connectivity index (χ0n) is 7.88. The number of nitrogens with two attached hydrogens (primary N) is 1. The summed E-state index contributed by atoms with van der Waals surface area (Å²) in [5, 5.41) is 0. The van der Waals surface area contributed by atoms with E-state index in [0.717, 1.165) is 19.4 Å². The smallest absolute Gasteiger partial charge is 0.0952 e. The van der Waals surface area contributed by atoms with E-state index in [1.807, 2.05) is 6.33 Å². The summed E-state index contributed by atoms with van der Waals surface area (Å²) in [4.78, 5) is 4.33. The van der Waals surface area contributed by atoms with Gasteiger partial charge in [0, 0.05) is 18.8 Å². The van der Waals surface area contributed by atoms with Gasteiger partial charge in [-0.05, 0) is 12.8 Å². The molecular weight excluding hydrogens is 150 g/mol. The highest BCUT2D eigenvalue weighted by Crippen LogP contribution is 2.08. The Morgan fingerprint density at radius 2 is 2.17 bits per heavy atom. The first-order valence-electron chi connectivity index (χ1n) is 4.56. The highest BCUT2D eigenvalue weighted by atomic mass is 15.1. The molecule has 0 amide bonds. The summed E-state index contributed by atoms with van der Waals surface area (Å²) in [6, 6.07) is 0. The van der Waals surface area contributed by atoms with E-state index in [1.165, 1.54) is 11.4 Å². The Morgan fingerprint density at radius 1 is 1.42 bits per heavy atom. The van der Waals surface area contributed by atoms with Crippen molar-refractivity contribution in [3.63, 3.8) is 0 Å². The summed E-state index contributed by atoms with van der Waals surface area (Å²) in [5.41, 5.74) is 8.04. The lowest BCUT2D eigenvalue weighted by Crippen LogP contribution is -2.11. The molecule has 1 heterocycles. The standard InChI is InChI=1S/C9H17N3/c1-3-8-9(4-2)12(6-5-10)7-11-8/h7H,3-6,10H2,1-2H3. The van der Waals surface area contributed by atoms with Gasteiger partial charge in [0.25, 0.3) is 0 Å². The van der Waals surface area contributed by atoms with Crippen molar-refractivity contribution >= 4 is 0 Å². The molecule has 0 radical (unpaired) electrons. The molecule has 12 heavy (non-hydrogen) atoms. The van der Waals surface area contributed by atoms with E-state index in [9.17, 15) is 0 Å². The van der Waals surface area contributed by atoms with Crippen molar-refractivity contribution in [1.29, 1.82) is 0 Å². The van der Waals surface area contributed by atoms with Crippen LogP contribution >= 0.6 is 0 Å². The van der Waals surface area contributed by atoms with Crippen molar-refractivity contribution in [3.05, 3.63) is 17.7 Å². The van der Waals surface area contributed by atoms with Crippen molar-refractivity contribution in [2.24, 2.45) is 5.73 Å². The van der Waals surface area contributed by atoms with Crippen LogP contribution in [0.3, 0.4) is 0 Å². The van der Waals surface area contributed by atoms with Gasteiger partial charge in [0.15, 0.2) is 0 Å². The monoisotopic (exact) mass is 167 g/mol. The van der Waals surface area contributed by atoms with Crippen LogP contribution in [0.25, 0.3) is 0 Å². The number of nitrogens with zero attached hydrogens (tertiary/aromatic N) is 2. The van der Waals surface area contributed by atoms with Crippen LogP contribution in [0.1, 0.15) is 25.2 Å². The largest absolute Gasteiger partial charge is 0.333 e. The molecule has 0 saturated heterocycles. The van der Waals surface area contributed by atoms with Crippen LogP contribution in [-0.2, 0) is 19.4 Å². The zero-order chi connectivity index (χ0) is 8.97. The van der Waals surface area contributed by atoms with Gasteiger partial charge in [0.05, 0.1) is 12.0 Å². The molecule has 0 aliphatic heterocycles. The first-order chi connectivity index (χ1) is 5.83. The van der Waals surface area contributed by atoms with Gasteiger partial charge in [-0.2, -0.15) is 0 Å². The lowest BCUT2D eigenvalue weighted by molar-refractivity contribution is 0.672. The van der Waals surface area contributed by atoms with E-state index in [4.69, 9.17) is 5.73 Å². The Balaban J connectivity index is 2.88. The van der Waals surface area contributed by atoms with E-state index in [1.54, 1.807) is 0 Å². The topological polar surface area (TPSA) is 43.8 Å². The number of hydrogen-bond donors (Lipinski definition) is 1. The highest BCUT2D eigenvalue weighted by molar-refractivity contribution is 5.12. The molecule has 3 nitrogen and oxygen atoms in total. The van der Waals surface area contributed by atoms with Crippen LogP contribution in [0, 0.1) is 0 Å². The van der Waals surface area contributed by atoms with Gasteiger partial charge < -0.3 is 10.3 Å². The van der Waals surface area contributed by atoms with E-state index in [-0.39, 0.29) is 0 Å². The number of imidazole rings is 1. The molecular formula is C9H17N3. The second-order valence-corrected chi connectivity index (χ2v) is 2.83. The average molecular weight is 167 g/mol. The van der Waals surface area contributed by atoms with Gasteiger partial charge in [0.1, 0.15) is 0 Å². The third-order valence-corrected chi connectivity index (χ3v) is 2.07. The van der Waals surface area contributed by atoms with Crippen LogP contribution in [0.15, 0.2) is 6.33 Å². The summed E-state index contributed by atoms with van der Waals surface area (Å²) in [6.07, 6.45) is 3.95. The Kier molecular flexibility index (Phi) is 3.29. The van der Waals surface area contributed by atoms with Crippen LogP contribution in [-0.4, -0.2) is 16.1 Å². The van der Waals surface area contributed by atoms with E-state index < -0.39 is 0 Å². The average Bonchev–Trinajstić information content (AvgIpc) is 2.47. The number of aromatic nitrogens is 2. The summed E-state index contributed by atoms with van der Waals surface area (Å²) >= 11 is 0. The fourth-order valence-electron chi connectivity index (χ4n) is 1.48. The Morgan fingerprint density at radius 3 is 2.67 bits per heavy atom. The van der Waals surface area contributed by atoms with Gasteiger partial charge in [-0.3, -0.25) is 0 Å². The molecule has 0 atom stereocenters. The molecule has 1 rings (SSSR count). The summed E-state index contributed by atoms with van der Waals surface area (Å²) < 4.78 is 2.15. The van der Waals surface area contributed by atoms with E-state index >= 15 is 0 Å². The quantitative estimate of drug-likeness (QED) is 0.726. The number of aryl methyl sites for hydroxylation is 1. The molecule has 0 unspecified atom stereocenters. The van der Waals surface area contributed by atoms with Crippen LogP contribution in [0.2, 0.25) is 0 Å². The molecule has 0 aliphatic carbocycles. The van der Waals surface area contributed by atoms with Gasteiger partial charge in [-0.1, -0.05) is 13.8 Å². The molecule has 3 heteroatoms. The number of hydrogen-bond acceptors (Lipinski definition) is 2. The molecule has 68 valence electrons. The molecule has 2 N–H and O–H groups in total. The maximum atomic E-state index is 5.49. The summed E-state index contributed by atoms with van der Waals surface area (Å²) in [6.45, 7) is 5.86. The third-order valence-electron chi connectivity index (χ3n) is 2.07. The van der Waals surface area contributed by atoms with Gasteiger partial charge in [-0.15, -0.1) is 0 Å². The lowest BCUT2D eigenvalue weighted by atomic mass is 10.2. The van der Waals surface area contributed by atoms with Crippen molar-refractivity contribution in [2.75, 3.05) is 6.54 Å². The van der Waals surface area contributed by atoms with Gasteiger partial charge in [0.2, 0.25) is 0 Å². The van der Waals surface area contributed by atoms with Crippen molar-refractivity contribution in [2.45, 2.75) is 33.2 Å². The fourth-order valence-corrected chi connectivity index (χ4v) is 1.48. The maximum absolute atomic E-state index is 5.49. The zero-order valence-corrected chi connectivity index (χ0v) is 7.88. The van der Waals surface area contributed by atoms with Crippen molar-refractivity contribution < 1.29 is 0 Å². The van der Waals surface area contributed by atoms with Crippen molar-refractivity contribution in [3.8, 4) is 0 Å². The first kappa shape index (κ1) is 9.26. The predicted molar refractivity (Wildman–Crippen MR) is 50.0 cm³/mol. The lowest BCUT2D eigenvalue weighted by Gasteiger charge is -2.05. The maximum Gasteiger partial charge on any atom is 0.0952 e. The van der Waals surface area contributed by atoms with Crippen LogP contribution < -0.4 is 5.73 Å². The third kappa shape index (κ3) is 1.67. The minimum Gasteiger partial charge on any atom is -0.333 e. The Labute approximate surface area is 73.6 Å². The highest BCUT2D eigenvalue weighted by Gasteiger charge is 2.05. The summed E-state index contributed by atoms with van der Waals surface area (Å²) in [5.74, 6) is 0. The molecule has 0 aromatic carbocycles. The SMILES string of the molecule is CCc1ncn(CCN)c1CC. The normalized spacial score (nSPS) is 10.6. The molecule has 1 aromatic rings. The van der Waals surface area contributed by atoms with E-state index in [2.05, 4.69) is 23.4 Å². The fraction of sp³-hybridized carbons (Fsp3) is 0.667. The van der Waals surface area contributed by atoms with Crippen molar-refractivity contribution in [1.82, 2.24) is 9.55 Å². The molecule has 0 bridgehead atoms. The molecule has 0 saturated carbocycles. The molecule has 0 fully saturated rings. The molecule has 0 spiro atoms. The number of rotatable bonds is 4. The summed E-state index contributed by atoms with van der Waals surface area (Å²) in [7, 11) is 0. The molecule has 0 aliphatic rings. The van der Waals surface area contributed by atoms with Crippen LogP contribution in [0.5, 0.6) is 0 Å². The van der Waals surface area contributed by atoms with Gasteiger partial charge in [-0.25, -0.2) is 4.98 Å². The minimum atomic E-state index is 0.687.